The average Bonchev–Trinajstić information content (AvgIpc) is 2.39. The summed E-state index contributed by atoms with van der Waals surface area (Å²) in [4.78, 5) is 14.3. The predicted molar refractivity (Wildman–Crippen MR) is 63.7 cm³/mol. The van der Waals surface area contributed by atoms with Crippen LogP contribution in [0.2, 0.25) is 0 Å². The van der Waals surface area contributed by atoms with Gasteiger partial charge >= 0.3 is 0 Å². The summed E-state index contributed by atoms with van der Waals surface area (Å²) < 4.78 is 10.7. The molecule has 0 aromatic rings. The third kappa shape index (κ3) is 2.76. The zero-order valence-corrected chi connectivity index (χ0v) is 10.9. The van der Waals surface area contributed by atoms with Crippen molar-refractivity contribution in [3.63, 3.8) is 0 Å². The molecule has 92 valence electrons. The zero-order chi connectivity index (χ0) is 11.4. The number of amides is 1. The minimum absolute atomic E-state index is 0.161. The van der Waals surface area contributed by atoms with Crippen molar-refractivity contribution in [2.75, 3.05) is 38.3 Å². The van der Waals surface area contributed by atoms with E-state index in [2.05, 4.69) is 15.9 Å². The number of halogens is 1. The molecule has 2 aliphatic heterocycles. The molecule has 0 saturated carbocycles. The summed E-state index contributed by atoms with van der Waals surface area (Å²) in [5, 5.41) is 0.794. The van der Waals surface area contributed by atoms with E-state index in [-0.39, 0.29) is 17.9 Å². The van der Waals surface area contributed by atoms with Crippen LogP contribution in [0.15, 0.2) is 0 Å². The second-order valence-electron chi connectivity index (χ2n) is 4.30. The summed E-state index contributed by atoms with van der Waals surface area (Å²) in [7, 11) is 0. The van der Waals surface area contributed by atoms with Gasteiger partial charge in [0.2, 0.25) is 5.91 Å². The fraction of sp³-hybridized carbons (Fsp3) is 0.909. The van der Waals surface area contributed by atoms with Gasteiger partial charge in [0.15, 0.2) is 0 Å². The largest absolute Gasteiger partial charge is 0.381 e. The Morgan fingerprint density at radius 3 is 2.69 bits per heavy atom. The van der Waals surface area contributed by atoms with Crippen LogP contribution in [0.3, 0.4) is 0 Å². The van der Waals surface area contributed by atoms with E-state index in [1.54, 1.807) is 0 Å². The highest BCUT2D eigenvalue weighted by atomic mass is 79.9. The molecule has 5 heteroatoms. The molecule has 0 N–H and O–H groups in total. The third-order valence-corrected chi connectivity index (χ3v) is 4.01. The van der Waals surface area contributed by atoms with Gasteiger partial charge in [0.25, 0.3) is 0 Å². The van der Waals surface area contributed by atoms with Gasteiger partial charge in [-0.3, -0.25) is 4.79 Å². The molecule has 0 bridgehead atoms. The molecule has 0 aromatic heterocycles. The van der Waals surface area contributed by atoms with E-state index in [0.717, 1.165) is 37.9 Å². The van der Waals surface area contributed by atoms with Gasteiger partial charge < -0.3 is 14.4 Å². The molecule has 2 saturated heterocycles. The van der Waals surface area contributed by atoms with E-state index in [4.69, 9.17) is 9.47 Å². The second-order valence-corrected chi connectivity index (χ2v) is 4.95. The van der Waals surface area contributed by atoms with Crippen LogP contribution in [0.5, 0.6) is 0 Å². The number of hydrogen-bond donors (Lipinski definition) is 0. The minimum atomic E-state index is 0.161. The Bertz CT molecular complexity index is 243. The van der Waals surface area contributed by atoms with E-state index < -0.39 is 0 Å². The molecule has 2 rings (SSSR count). The molecule has 0 radical (unpaired) electrons. The fourth-order valence-corrected chi connectivity index (χ4v) is 2.79. The molecule has 2 fully saturated rings. The van der Waals surface area contributed by atoms with Crippen LogP contribution in [0.1, 0.15) is 12.8 Å². The van der Waals surface area contributed by atoms with E-state index in [9.17, 15) is 4.79 Å². The molecule has 2 heterocycles. The van der Waals surface area contributed by atoms with Gasteiger partial charge in [-0.25, -0.2) is 0 Å². The maximum absolute atomic E-state index is 12.3. The number of rotatable bonds is 2. The summed E-state index contributed by atoms with van der Waals surface area (Å²) in [6, 6.07) is 0.198. The average molecular weight is 292 g/mol. The molecule has 1 atom stereocenters. The van der Waals surface area contributed by atoms with E-state index >= 15 is 0 Å². The molecule has 1 amide bonds. The highest BCUT2D eigenvalue weighted by Gasteiger charge is 2.32. The molecule has 0 spiro atoms. The predicted octanol–water partition coefficient (Wildman–Crippen LogP) is 1.04. The first kappa shape index (κ1) is 12.3. The normalized spacial score (nSPS) is 28.1. The van der Waals surface area contributed by atoms with Crippen LogP contribution >= 0.6 is 15.9 Å². The molecule has 1 unspecified atom stereocenters. The van der Waals surface area contributed by atoms with Crippen molar-refractivity contribution in [3.8, 4) is 0 Å². The quantitative estimate of drug-likeness (QED) is 0.714. The van der Waals surface area contributed by atoms with Crippen LogP contribution < -0.4 is 0 Å². The zero-order valence-electron chi connectivity index (χ0n) is 9.36. The molecule has 2 aliphatic rings. The lowest BCUT2D eigenvalue weighted by Gasteiger charge is -2.37. The van der Waals surface area contributed by atoms with Crippen LogP contribution in [-0.4, -0.2) is 55.2 Å². The summed E-state index contributed by atoms with van der Waals surface area (Å²) >= 11 is 3.45. The van der Waals surface area contributed by atoms with Crippen molar-refractivity contribution in [3.05, 3.63) is 0 Å². The van der Waals surface area contributed by atoms with Gasteiger partial charge in [0.1, 0.15) is 0 Å². The van der Waals surface area contributed by atoms with Crippen molar-refractivity contribution >= 4 is 21.8 Å². The minimum Gasteiger partial charge on any atom is -0.381 e. The Morgan fingerprint density at radius 2 is 2.00 bits per heavy atom. The van der Waals surface area contributed by atoms with Gasteiger partial charge in [-0.05, 0) is 12.8 Å². The Hall–Kier alpha value is -0.130. The number of morpholine rings is 1. The Balaban J connectivity index is 1.95. The van der Waals surface area contributed by atoms with Crippen LogP contribution in [0, 0.1) is 5.92 Å². The second kappa shape index (κ2) is 5.98. The maximum Gasteiger partial charge on any atom is 0.226 e. The smallest absolute Gasteiger partial charge is 0.226 e. The first-order valence-electron chi connectivity index (χ1n) is 5.85. The van der Waals surface area contributed by atoms with E-state index in [1.807, 2.05) is 4.90 Å². The van der Waals surface area contributed by atoms with Crippen LogP contribution in [0.4, 0.5) is 0 Å². The summed E-state index contributed by atoms with van der Waals surface area (Å²) in [6.45, 7) is 3.49. The van der Waals surface area contributed by atoms with Gasteiger partial charge in [0, 0.05) is 31.0 Å². The van der Waals surface area contributed by atoms with Crippen molar-refractivity contribution in [1.82, 2.24) is 4.90 Å². The first-order chi connectivity index (χ1) is 7.83. The number of alkyl halides is 1. The van der Waals surface area contributed by atoms with Gasteiger partial charge in [-0.15, -0.1) is 0 Å². The molecular formula is C11H18BrNO3. The van der Waals surface area contributed by atoms with Crippen molar-refractivity contribution in [2.24, 2.45) is 5.92 Å². The van der Waals surface area contributed by atoms with Crippen molar-refractivity contribution < 1.29 is 14.3 Å². The highest BCUT2D eigenvalue weighted by Crippen LogP contribution is 2.21. The van der Waals surface area contributed by atoms with E-state index in [0.29, 0.717) is 13.2 Å². The van der Waals surface area contributed by atoms with Crippen LogP contribution in [-0.2, 0) is 14.3 Å². The first-order valence-corrected chi connectivity index (χ1v) is 6.97. The molecule has 0 aliphatic carbocycles. The van der Waals surface area contributed by atoms with E-state index in [1.165, 1.54) is 0 Å². The Labute approximate surface area is 104 Å². The number of nitrogens with zero attached hydrogens (tertiary/aromatic N) is 1. The standard InChI is InChI=1S/C11H18BrNO3/c12-7-10-8-16-6-3-13(10)11(14)9-1-4-15-5-2-9/h9-10H,1-8H2. The lowest BCUT2D eigenvalue weighted by atomic mass is 9.98. The highest BCUT2D eigenvalue weighted by molar-refractivity contribution is 9.09. The number of ether oxygens (including phenoxy) is 2. The Morgan fingerprint density at radius 1 is 1.25 bits per heavy atom. The van der Waals surface area contributed by atoms with Crippen LogP contribution in [0.25, 0.3) is 0 Å². The maximum atomic E-state index is 12.3. The SMILES string of the molecule is O=C(C1CCOCC1)N1CCOCC1CBr. The third-order valence-electron chi connectivity index (χ3n) is 3.26. The fourth-order valence-electron chi connectivity index (χ4n) is 2.25. The van der Waals surface area contributed by atoms with Gasteiger partial charge in [0.05, 0.1) is 19.3 Å². The molecular weight excluding hydrogens is 274 g/mol. The summed E-state index contributed by atoms with van der Waals surface area (Å²) in [5.41, 5.74) is 0. The molecule has 16 heavy (non-hydrogen) atoms. The van der Waals surface area contributed by atoms with Crippen molar-refractivity contribution in [2.45, 2.75) is 18.9 Å². The van der Waals surface area contributed by atoms with Gasteiger partial charge in [-0.1, -0.05) is 15.9 Å². The summed E-state index contributed by atoms with van der Waals surface area (Å²) in [5.74, 6) is 0.449. The lowest BCUT2D eigenvalue weighted by molar-refractivity contribution is -0.146. The molecule has 4 nitrogen and oxygen atoms in total. The summed E-state index contributed by atoms with van der Waals surface area (Å²) in [6.07, 6.45) is 1.73. The monoisotopic (exact) mass is 291 g/mol. The number of carbonyl (C=O) groups excluding carboxylic acids is 1. The molecule has 0 aromatic carbocycles. The Kier molecular flexibility index (Phi) is 4.61. The van der Waals surface area contributed by atoms with Gasteiger partial charge in [-0.2, -0.15) is 0 Å². The lowest BCUT2D eigenvalue weighted by Crippen LogP contribution is -2.52. The number of carbonyl (C=O) groups is 1. The number of hydrogen-bond acceptors (Lipinski definition) is 3. The topological polar surface area (TPSA) is 38.8 Å². The van der Waals surface area contributed by atoms with Crippen molar-refractivity contribution in [1.29, 1.82) is 0 Å².